The SMILES string of the molecule is CNc1ccc2c(-c3ccccc3CNc3nc(NCNN4CCCCC4)nc4c(C(C)C)cnn34)nccc2c1. The molecule has 4 heterocycles. The maximum Gasteiger partial charge on any atom is 0.229 e. The molecule has 2 aromatic carbocycles. The third-order valence-corrected chi connectivity index (χ3v) is 7.69. The number of piperidine rings is 1. The van der Waals surface area contributed by atoms with E-state index in [-0.39, 0.29) is 5.92 Å². The van der Waals surface area contributed by atoms with Gasteiger partial charge in [0.15, 0.2) is 5.65 Å². The van der Waals surface area contributed by atoms with E-state index in [1.54, 1.807) is 4.52 Å². The van der Waals surface area contributed by atoms with Crippen molar-refractivity contribution in [3.8, 4) is 11.3 Å². The lowest BCUT2D eigenvalue weighted by atomic mass is 9.99. The molecule has 0 radical (unpaired) electrons. The Kier molecular flexibility index (Phi) is 7.93. The van der Waals surface area contributed by atoms with Gasteiger partial charge in [0, 0.05) is 55.1 Å². The summed E-state index contributed by atoms with van der Waals surface area (Å²) in [5.74, 6) is 1.49. The van der Waals surface area contributed by atoms with Crippen LogP contribution >= 0.6 is 0 Å². The van der Waals surface area contributed by atoms with Gasteiger partial charge in [-0.1, -0.05) is 50.6 Å². The van der Waals surface area contributed by atoms with Crippen LogP contribution < -0.4 is 21.4 Å². The van der Waals surface area contributed by atoms with Crippen LogP contribution in [0.2, 0.25) is 0 Å². The minimum Gasteiger partial charge on any atom is -0.388 e. The topological polar surface area (TPSA) is 107 Å². The molecular formula is C31H38N10. The predicted octanol–water partition coefficient (Wildman–Crippen LogP) is 5.48. The van der Waals surface area contributed by atoms with Gasteiger partial charge in [-0.2, -0.15) is 19.6 Å². The van der Waals surface area contributed by atoms with Gasteiger partial charge in [-0.3, -0.25) is 4.98 Å². The van der Waals surface area contributed by atoms with E-state index in [1.807, 2.05) is 19.4 Å². The molecule has 212 valence electrons. The van der Waals surface area contributed by atoms with Gasteiger partial charge in [-0.25, -0.2) is 10.4 Å². The minimum atomic E-state index is 0.288. The van der Waals surface area contributed by atoms with Gasteiger partial charge in [-0.15, -0.1) is 0 Å². The summed E-state index contributed by atoms with van der Waals surface area (Å²) in [5, 5.41) is 19.3. The summed E-state index contributed by atoms with van der Waals surface area (Å²) < 4.78 is 1.80. The number of benzene rings is 2. The van der Waals surface area contributed by atoms with Crippen molar-refractivity contribution < 1.29 is 0 Å². The fraction of sp³-hybridized carbons (Fsp3) is 0.355. The Morgan fingerprint density at radius 2 is 1.80 bits per heavy atom. The first-order chi connectivity index (χ1) is 20.1. The van der Waals surface area contributed by atoms with E-state index in [1.165, 1.54) is 19.3 Å². The highest BCUT2D eigenvalue weighted by molar-refractivity contribution is 5.96. The molecule has 41 heavy (non-hydrogen) atoms. The number of nitrogens with one attached hydrogen (secondary N) is 4. The van der Waals surface area contributed by atoms with E-state index in [4.69, 9.17) is 15.0 Å². The van der Waals surface area contributed by atoms with Crippen LogP contribution in [0.1, 0.15) is 50.2 Å². The smallest absolute Gasteiger partial charge is 0.229 e. The molecule has 0 amide bonds. The first kappa shape index (κ1) is 26.9. The second-order valence-corrected chi connectivity index (χ2v) is 10.8. The zero-order chi connectivity index (χ0) is 28.2. The van der Waals surface area contributed by atoms with Crippen LogP contribution in [-0.4, -0.2) is 56.4 Å². The van der Waals surface area contributed by atoms with Crippen LogP contribution in [-0.2, 0) is 6.54 Å². The summed E-state index contributed by atoms with van der Waals surface area (Å²) >= 11 is 0. The van der Waals surface area contributed by atoms with Gasteiger partial charge in [0.25, 0.3) is 0 Å². The average Bonchev–Trinajstić information content (AvgIpc) is 3.45. The lowest BCUT2D eigenvalue weighted by Crippen LogP contribution is -2.44. The van der Waals surface area contributed by atoms with E-state index in [9.17, 15) is 0 Å². The van der Waals surface area contributed by atoms with Crippen molar-refractivity contribution in [3.63, 3.8) is 0 Å². The number of hydrogen-bond donors (Lipinski definition) is 4. The second kappa shape index (κ2) is 12.1. The molecule has 0 saturated carbocycles. The summed E-state index contributed by atoms with van der Waals surface area (Å²) in [5.41, 5.74) is 9.60. The monoisotopic (exact) mass is 550 g/mol. The Bertz CT molecular complexity index is 1640. The standard InChI is InChI=1S/C31H38N10/c1-21(2)27-19-36-41-29(27)38-30(35-20-37-40-15-7-4-8-16-40)39-31(41)34-18-23-9-5-6-10-25(23)28-26-12-11-24(32-3)17-22(26)13-14-33-28/h5-6,9-14,17,19,21,32,37H,4,7-8,15-16,18,20H2,1-3H3,(H2,34,35,38,39). The number of aromatic nitrogens is 5. The van der Waals surface area contributed by atoms with Gasteiger partial charge >= 0.3 is 0 Å². The molecule has 0 unspecified atom stereocenters. The normalized spacial score (nSPS) is 14.1. The van der Waals surface area contributed by atoms with Gasteiger partial charge < -0.3 is 16.0 Å². The third-order valence-electron chi connectivity index (χ3n) is 7.69. The molecule has 5 aromatic rings. The molecule has 1 aliphatic heterocycles. The van der Waals surface area contributed by atoms with Crippen LogP contribution in [0.3, 0.4) is 0 Å². The highest BCUT2D eigenvalue weighted by Gasteiger charge is 2.17. The third kappa shape index (κ3) is 5.79. The molecule has 0 aliphatic carbocycles. The lowest BCUT2D eigenvalue weighted by molar-refractivity contribution is 0.160. The summed E-state index contributed by atoms with van der Waals surface area (Å²) in [6.45, 7) is 7.56. The highest BCUT2D eigenvalue weighted by atomic mass is 15.5. The molecular weight excluding hydrogens is 512 g/mol. The van der Waals surface area contributed by atoms with Crippen molar-refractivity contribution in [3.05, 3.63) is 72.1 Å². The number of nitrogens with zero attached hydrogens (tertiary/aromatic N) is 6. The predicted molar refractivity (Wildman–Crippen MR) is 166 cm³/mol. The fourth-order valence-electron chi connectivity index (χ4n) is 5.41. The molecule has 0 atom stereocenters. The van der Waals surface area contributed by atoms with E-state index < -0.39 is 0 Å². The van der Waals surface area contributed by atoms with Crippen molar-refractivity contribution >= 4 is 34.0 Å². The van der Waals surface area contributed by atoms with Crippen LogP contribution in [0.15, 0.2) is 60.9 Å². The molecule has 0 spiro atoms. The van der Waals surface area contributed by atoms with Gasteiger partial charge in [0.2, 0.25) is 11.9 Å². The summed E-state index contributed by atoms with van der Waals surface area (Å²) in [7, 11) is 1.93. The number of hydrazine groups is 1. The molecule has 1 saturated heterocycles. The Morgan fingerprint density at radius 3 is 2.63 bits per heavy atom. The molecule has 1 aliphatic rings. The minimum absolute atomic E-state index is 0.288. The van der Waals surface area contributed by atoms with Crippen LogP contribution in [0, 0.1) is 0 Å². The van der Waals surface area contributed by atoms with Gasteiger partial charge in [0.1, 0.15) is 0 Å². The molecule has 6 rings (SSSR count). The molecule has 1 fully saturated rings. The van der Waals surface area contributed by atoms with Gasteiger partial charge in [0.05, 0.1) is 18.6 Å². The first-order valence-electron chi connectivity index (χ1n) is 14.5. The quantitative estimate of drug-likeness (QED) is 0.168. The fourth-order valence-corrected chi connectivity index (χ4v) is 5.41. The Labute approximate surface area is 240 Å². The Hall–Kier alpha value is -4.28. The molecule has 3 aromatic heterocycles. The second-order valence-electron chi connectivity index (χ2n) is 10.8. The summed E-state index contributed by atoms with van der Waals surface area (Å²) in [6, 6.07) is 16.8. The number of rotatable bonds is 10. The van der Waals surface area contributed by atoms with Crippen molar-refractivity contribution in [1.29, 1.82) is 0 Å². The van der Waals surface area contributed by atoms with E-state index >= 15 is 0 Å². The summed E-state index contributed by atoms with van der Waals surface area (Å²) in [6.07, 6.45) is 7.52. The molecule has 10 nitrogen and oxygen atoms in total. The van der Waals surface area contributed by atoms with E-state index in [0.717, 1.165) is 57.6 Å². The first-order valence-corrected chi connectivity index (χ1v) is 14.5. The Morgan fingerprint density at radius 1 is 0.951 bits per heavy atom. The van der Waals surface area contributed by atoms with Crippen molar-refractivity contribution in [2.75, 3.05) is 42.8 Å². The van der Waals surface area contributed by atoms with E-state index in [0.29, 0.717) is 25.1 Å². The highest BCUT2D eigenvalue weighted by Crippen LogP contribution is 2.31. The number of hydrogen-bond acceptors (Lipinski definition) is 9. The molecule has 10 heteroatoms. The number of fused-ring (bicyclic) bond motifs is 2. The number of pyridine rings is 1. The Balaban J connectivity index is 1.28. The maximum atomic E-state index is 4.83. The zero-order valence-corrected chi connectivity index (χ0v) is 24.0. The van der Waals surface area contributed by atoms with Crippen molar-refractivity contribution in [2.45, 2.75) is 45.6 Å². The average molecular weight is 551 g/mol. The maximum absolute atomic E-state index is 4.83. The molecule has 4 N–H and O–H groups in total. The largest absolute Gasteiger partial charge is 0.388 e. The van der Waals surface area contributed by atoms with Crippen molar-refractivity contribution in [2.24, 2.45) is 0 Å². The zero-order valence-electron chi connectivity index (χ0n) is 24.0. The number of anilines is 3. The van der Waals surface area contributed by atoms with Crippen LogP contribution in [0.4, 0.5) is 17.6 Å². The van der Waals surface area contributed by atoms with Crippen LogP contribution in [0.25, 0.3) is 27.7 Å². The van der Waals surface area contributed by atoms with Crippen LogP contribution in [0.5, 0.6) is 0 Å². The lowest BCUT2D eigenvalue weighted by Gasteiger charge is -2.27. The summed E-state index contributed by atoms with van der Waals surface area (Å²) in [4.78, 5) is 14.5. The van der Waals surface area contributed by atoms with Crippen molar-refractivity contribution in [1.82, 2.24) is 35.0 Å². The molecule has 0 bridgehead atoms. The van der Waals surface area contributed by atoms with Gasteiger partial charge in [-0.05, 0) is 47.9 Å². The van der Waals surface area contributed by atoms with E-state index in [2.05, 4.69) is 93.9 Å².